The van der Waals surface area contributed by atoms with Crippen LogP contribution in [0.15, 0.2) is 35.3 Å². The van der Waals surface area contributed by atoms with Crippen LogP contribution in [0.4, 0.5) is 11.5 Å². The lowest BCUT2D eigenvalue weighted by Gasteiger charge is -2.04. The van der Waals surface area contributed by atoms with Gasteiger partial charge >= 0.3 is 11.7 Å². The van der Waals surface area contributed by atoms with E-state index in [0.717, 1.165) is 0 Å². The largest absolute Gasteiger partial charge is 0.478 e. The summed E-state index contributed by atoms with van der Waals surface area (Å²) in [4.78, 5) is 25.3. The quantitative estimate of drug-likeness (QED) is 0.715. The first-order valence-corrected chi connectivity index (χ1v) is 4.67. The minimum Gasteiger partial charge on any atom is -0.478 e. The SMILES string of the molecule is O=C(O)c1cccc(Nc2cn[nH]c(=O)n2)c1. The van der Waals surface area contributed by atoms with Crippen molar-refractivity contribution in [2.24, 2.45) is 0 Å². The number of carbonyl (C=O) groups is 1. The lowest BCUT2D eigenvalue weighted by Crippen LogP contribution is -2.13. The summed E-state index contributed by atoms with van der Waals surface area (Å²) >= 11 is 0. The molecule has 2 rings (SSSR count). The third kappa shape index (κ3) is 2.65. The van der Waals surface area contributed by atoms with Gasteiger partial charge in [0.1, 0.15) is 0 Å². The fourth-order valence-corrected chi connectivity index (χ4v) is 1.25. The number of hydrogen-bond donors (Lipinski definition) is 3. The standard InChI is InChI=1S/C10H8N4O3/c15-9(16)6-2-1-3-7(4-6)12-8-5-11-14-10(17)13-8/h1-5H,(H,15,16)(H2,12,13,14,17). The zero-order valence-electron chi connectivity index (χ0n) is 8.54. The highest BCUT2D eigenvalue weighted by Gasteiger charge is 2.03. The fourth-order valence-electron chi connectivity index (χ4n) is 1.25. The van der Waals surface area contributed by atoms with Crippen molar-refractivity contribution in [3.8, 4) is 0 Å². The predicted octanol–water partition coefficient (Wildman–Crippen LogP) is 0.607. The second kappa shape index (κ2) is 4.44. The van der Waals surface area contributed by atoms with E-state index in [1.165, 1.54) is 18.3 Å². The highest BCUT2D eigenvalue weighted by Crippen LogP contribution is 2.14. The van der Waals surface area contributed by atoms with Crippen molar-refractivity contribution < 1.29 is 9.90 Å². The number of benzene rings is 1. The summed E-state index contributed by atoms with van der Waals surface area (Å²) in [6.07, 6.45) is 1.33. The molecule has 0 bridgehead atoms. The highest BCUT2D eigenvalue weighted by atomic mass is 16.4. The van der Waals surface area contributed by atoms with Crippen molar-refractivity contribution >= 4 is 17.5 Å². The average molecular weight is 232 g/mol. The van der Waals surface area contributed by atoms with Crippen LogP contribution >= 0.6 is 0 Å². The van der Waals surface area contributed by atoms with Crippen molar-refractivity contribution in [1.82, 2.24) is 15.2 Å². The van der Waals surface area contributed by atoms with Crippen LogP contribution in [0, 0.1) is 0 Å². The maximum Gasteiger partial charge on any atom is 0.363 e. The molecule has 0 aliphatic rings. The molecule has 1 aromatic heterocycles. The molecule has 7 heteroatoms. The molecule has 0 aliphatic carbocycles. The van der Waals surface area contributed by atoms with Gasteiger partial charge in [0, 0.05) is 5.69 Å². The number of hydrogen-bond acceptors (Lipinski definition) is 5. The Bertz CT molecular complexity index is 608. The molecule has 0 aliphatic heterocycles. The summed E-state index contributed by atoms with van der Waals surface area (Å²) in [5.74, 6) is -0.776. The van der Waals surface area contributed by atoms with E-state index in [4.69, 9.17) is 5.11 Å². The van der Waals surface area contributed by atoms with Gasteiger partial charge in [-0.3, -0.25) is 0 Å². The van der Waals surface area contributed by atoms with E-state index in [1.807, 2.05) is 0 Å². The van der Waals surface area contributed by atoms with Crippen LogP contribution in [0.25, 0.3) is 0 Å². The Morgan fingerprint density at radius 2 is 2.24 bits per heavy atom. The summed E-state index contributed by atoms with van der Waals surface area (Å²) in [6.45, 7) is 0. The normalized spacial score (nSPS) is 9.88. The lowest BCUT2D eigenvalue weighted by atomic mass is 10.2. The van der Waals surface area contributed by atoms with E-state index < -0.39 is 11.7 Å². The van der Waals surface area contributed by atoms with Gasteiger partial charge in [-0.05, 0) is 18.2 Å². The summed E-state index contributed by atoms with van der Waals surface area (Å²) in [7, 11) is 0. The van der Waals surface area contributed by atoms with Crippen LogP contribution in [0.2, 0.25) is 0 Å². The van der Waals surface area contributed by atoms with Crippen LogP contribution < -0.4 is 11.0 Å². The second-order valence-corrected chi connectivity index (χ2v) is 3.18. The van der Waals surface area contributed by atoms with E-state index in [1.54, 1.807) is 12.1 Å². The predicted molar refractivity (Wildman–Crippen MR) is 59.3 cm³/mol. The van der Waals surface area contributed by atoms with Crippen LogP contribution in [0.3, 0.4) is 0 Å². The van der Waals surface area contributed by atoms with Crippen molar-refractivity contribution in [2.45, 2.75) is 0 Å². The molecule has 0 spiro atoms. The van der Waals surface area contributed by atoms with Gasteiger partial charge in [-0.2, -0.15) is 10.1 Å². The van der Waals surface area contributed by atoms with Crippen LogP contribution in [0.5, 0.6) is 0 Å². The van der Waals surface area contributed by atoms with Gasteiger partial charge < -0.3 is 10.4 Å². The Morgan fingerprint density at radius 3 is 2.94 bits per heavy atom. The Kier molecular flexibility index (Phi) is 2.82. The average Bonchev–Trinajstić information content (AvgIpc) is 2.29. The monoisotopic (exact) mass is 232 g/mol. The number of H-pyrrole nitrogens is 1. The molecule has 2 aromatic rings. The van der Waals surface area contributed by atoms with Crippen molar-refractivity contribution in [3.05, 3.63) is 46.5 Å². The Hall–Kier alpha value is -2.70. The molecule has 17 heavy (non-hydrogen) atoms. The summed E-state index contributed by atoms with van der Waals surface area (Å²) in [5.41, 5.74) is 0.0852. The Labute approximate surface area is 95.1 Å². The first-order valence-electron chi connectivity index (χ1n) is 4.67. The van der Waals surface area contributed by atoms with Crippen LogP contribution in [-0.2, 0) is 0 Å². The zero-order valence-corrected chi connectivity index (χ0v) is 8.54. The molecular formula is C10H8N4O3. The molecule has 0 amide bonds. The van der Waals surface area contributed by atoms with Crippen molar-refractivity contribution in [1.29, 1.82) is 0 Å². The topological polar surface area (TPSA) is 108 Å². The second-order valence-electron chi connectivity index (χ2n) is 3.18. The van der Waals surface area contributed by atoms with Gasteiger partial charge in [0.15, 0.2) is 5.82 Å². The van der Waals surface area contributed by atoms with Gasteiger partial charge in [0.25, 0.3) is 0 Å². The Balaban J connectivity index is 2.27. The van der Waals surface area contributed by atoms with E-state index in [2.05, 4.69) is 20.5 Å². The lowest BCUT2D eigenvalue weighted by molar-refractivity contribution is 0.0697. The minimum atomic E-state index is -1.02. The molecule has 0 atom stereocenters. The van der Waals surface area contributed by atoms with Gasteiger partial charge in [0.05, 0.1) is 11.8 Å². The van der Waals surface area contributed by atoms with Crippen molar-refractivity contribution in [2.75, 3.05) is 5.32 Å². The summed E-state index contributed by atoms with van der Waals surface area (Å²) in [5, 5.41) is 17.3. The molecule has 0 unspecified atom stereocenters. The molecule has 0 fully saturated rings. The van der Waals surface area contributed by atoms with Gasteiger partial charge in [-0.1, -0.05) is 6.07 Å². The molecule has 0 saturated heterocycles. The third-order valence-electron chi connectivity index (χ3n) is 1.95. The first kappa shape index (κ1) is 10.8. The van der Waals surface area contributed by atoms with E-state index in [-0.39, 0.29) is 11.4 Å². The Morgan fingerprint density at radius 1 is 1.41 bits per heavy atom. The van der Waals surface area contributed by atoms with Crippen LogP contribution in [0.1, 0.15) is 10.4 Å². The number of carboxylic acids is 1. The summed E-state index contributed by atoms with van der Waals surface area (Å²) in [6, 6.07) is 6.16. The highest BCUT2D eigenvalue weighted by molar-refractivity contribution is 5.89. The maximum atomic E-state index is 10.9. The van der Waals surface area contributed by atoms with E-state index in [9.17, 15) is 9.59 Å². The number of nitrogens with zero attached hydrogens (tertiary/aromatic N) is 2. The number of rotatable bonds is 3. The molecule has 0 radical (unpaired) electrons. The minimum absolute atomic E-state index is 0.146. The third-order valence-corrected chi connectivity index (χ3v) is 1.95. The molecule has 3 N–H and O–H groups in total. The number of aromatic nitrogens is 3. The number of carboxylic acid groups (broad SMARTS) is 1. The molecule has 0 saturated carbocycles. The smallest absolute Gasteiger partial charge is 0.363 e. The molecule has 7 nitrogen and oxygen atoms in total. The van der Waals surface area contributed by atoms with Gasteiger partial charge in [0.2, 0.25) is 0 Å². The number of aromatic carboxylic acids is 1. The molecule has 86 valence electrons. The number of nitrogens with one attached hydrogen (secondary N) is 2. The molecular weight excluding hydrogens is 224 g/mol. The first-order chi connectivity index (χ1) is 8.15. The molecule has 1 aromatic carbocycles. The van der Waals surface area contributed by atoms with Gasteiger partial charge in [-0.25, -0.2) is 14.7 Å². The van der Waals surface area contributed by atoms with Gasteiger partial charge in [-0.15, -0.1) is 0 Å². The number of anilines is 2. The zero-order chi connectivity index (χ0) is 12.3. The summed E-state index contributed by atoms with van der Waals surface area (Å²) < 4.78 is 0. The van der Waals surface area contributed by atoms with E-state index >= 15 is 0 Å². The fraction of sp³-hybridized carbons (Fsp3) is 0. The van der Waals surface area contributed by atoms with Crippen molar-refractivity contribution in [3.63, 3.8) is 0 Å². The van der Waals surface area contributed by atoms with E-state index in [0.29, 0.717) is 5.69 Å². The maximum absolute atomic E-state index is 10.9. The molecule has 1 heterocycles. The van der Waals surface area contributed by atoms with Crippen LogP contribution in [-0.4, -0.2) is 26.3 Å². The number of aromatic amines is 1.